The van der Waals surface area contributed by atoms with Crippen LogP contribution in [0.5, 0.6) is 11.5 Å². The predicted molar refractivity (Wildman–Crippen MR) is 90.0 cm³/mol. The normalized spacial score (nSPS) is 12.2. The molecule has 0 aromatic heterocycles. The van der Waals surface area contributed by atoms with Gasteiger partial charge in [0.25, 0.3) is 0 Å². The van der Waals surface area contributed by atoms with Gasteiger partial charge in [-0.15, -0.1) is 0 Å². The van der Waals surface area contributed by atoms with E-state index < -0.39 is 0 Å². The second kappa shape index (κ2) is 7.37. The Balaban J connectivity index is 2.35. The smallest absolute Gasteiger partial charge is 0.147 e. The lowest BCUT2D eigenvalue weighted by molar-refractivity contribution is 0.472. The summed E-state index contributed by atoms with van der Waals surface area (Å²) < 4.78 is 5.89. The minimum atomic E-state index is 0.0297. The summed E-state index contributed by atoms with van der Waals surface area (Å²) in [5, 5.41) is 1.68. The molecule has 0 aliphatic carbocycles. The van der Waals surface area contributed by atoms with Gasteiger partial charge < -0.3 is 10.5 Å². The maximum Gasteiger partial charge on any atom is 0.147 e. The Morgan fingerprint density at radius 3 is 2.52 bits per heavy atom. The van der Waals surface area contributed by atoms with Crippen molar-refractivity contribution in [2.24, 2.45) is 5.73 Å². The predicted octanol–water partition coefficient (Wildman–Crippen LogP) is 5.72. The van der Waals surface area contributed by atoms with E-state index in [0.717, 1.165) is 12.0 Å². The molecule has 0 fully saturated rings. The Labute approximate surface area is 139 Å². The van der Waals surface area contributed by atoms with Gasteiger partial charge in [0.2, 0.25) is 0 Å². The molecule has 0 amide bonds. The molecular weight excluding hydrogens is 329 g/mol. The quantitative estimate of drug-likeness (QED) is 0.753. The maximum atomic E-state index is 6.27. The highest BCUT2D eigenvalue weighted by molar-refractivity contribution is 6.34. The van der Waals surface area contributed by atoms with Crippen LogP contribution in [0.2, 0.25) is 15.1 Å². The molecular formula is C16H16Cl3NO. The summed E-state index contributed by atoms with van der Waals surface area (Å²) in [5.74, 6) is 1.15. The standard InChI is InChI=1S/C16H16Cl3NO/c1-2-11(20)9-12-13(18)4-3-5-15(12)21-16-8-10(17)6-7-14(16)19/h3-8,11H,2,9,20H2,1H3. The number of hydrogen-bond acceptors (Lipinski definition) is 2. The van der Waals surface area contributed by atoms with Crippen LogP contribution in [-0.4, -0.2) is 6.04 Å². The molecule has 0 saturated heterocycles. The summed E-state index contributed by atoms with van der Waals surface area (Å²) in [6.45, 7) is 2.04. The molecule has 1 atom stereocenters. The molecule has 2 nitrogen and oxygen atoms in total. The number of benzene rings is 2. The third-order valence-corrected chi connectivity index (χ3v) is 4.08. The molecule has 5 heteroatoms. The van der Waals surface area contributed by atoms with Crippen molar-refractivity contribution in [3.05, 3.63) is 57.0 Å². The molecule has 0 aliphatic rings. The summed E-state index contributed by atoms with van der Waals surface area (Å²) in [7, 11) is 0. The highest BCUT2D eigenvalue weighted by Crippen LogP contribution is 2.36. The third kappa shape index (κ3) is 4.27. The molecule has 112 valence electrons. The molecule has 0 heterocycles. The summed E-state index contributed by atoms with van der Waals surface area (Å²) in [5.41, 5.74) is 6.91. The van der Waals surface area contributed by atoms with Crippen LogP contribution in [0, 0.1) is 0 Å². The van der Waals surface area contributed by atoms with Crippen LogP contribution < -0.4 is 10.5 Å². The van der Waals surface area contributed by atoms with Crippen LogP contribution in [0.25, 0.3) is 0 Å². The molecule has 0 bridgehead atoms. The van der Waals surface area contributed by atoms with Crippen LogP contribution in [0.1, 0.15) is 18.9 Å². The fourth-order valence-corrected chi connectivity index (χ4v) is 2.47. The second-order valence-corrected chi connectivity index (χ2v) is 6.02. The van der Waals surface area contributed by atoms with Gasteiger partial charge in [-0.05, 0) is 37.1 Å². The van der Waals surface area contributed by atoms with Gasteiger partial charge in [0.1, 0.15) is 11.5 Å². The molecule has 2 aromatic rings. The zero-order chi connectivity index (χ0) is 15.4. The molecule has 0 radical (unpaired) electrons. The highest BCUT2D eigenvalue weighted by Gasteiger charge is 2.14. The van der Waals surface area contributed by atoms with Crippen LogP contribution in [0.3, 0.4) is 0 Å². The van der Waals surface area contributed by atoms with Crippen molar-refractivity contribution in [1.82, 2.24) is 0 Å². The van der Waals surface area contributed by atoms with Crippen LogP contribution in [-0.2, 0) is 6.42 Å². The van der Waals surface area contributed by atoms with E-state index in [1.807, 2.05) is 25.1 Å². The highest BCUT2D eigenvalue weighted by atomic mass is 35.5. The maximum absolute atomic E-state index is 6.27. The van der Waals surface area contributed by atoms with Gasteiger partial charge in [-0.3, -0.25) is 0 Å². The Bertz CT molecular complexity index is 631. The Morgan fingerprint density at radius 1 is 1.05 bits per heavy atom. The topological polar surface area (TPSA) is 35.2 Å². The van der Waals surface area contributed by atoms with Gasteiger partial charge in [-0.25, -0.2) is 0 Å². The van der Waals surface area contributed by atoms with Gasteiger partial charge in [-0.1, -0.05) is 47.8 Å². The van der Waals surface area contributed by atoms with E-state index in [1.165, 1.54) is 0 Å². The monoisotopic (exact) mass is 343 g/mol. The zero-order valence-corrected chi connectivity index (χ0v) is 13.8. The van der Waals surface area contributed by atoms with Gasteiger partial charge in [0.05, 0.1) is 5.02 Å². The fourth-order valence-electron chi connectivity index (χ4n) is 1.91. The fraction of sp³-hybridized carbons (Fsp3) is 0.250. The summed E-state index contributed by atoms with van der Waals surface area (Å²) >= 11 is 18.4. The molecule has 2 N–H and O–H groups in total. The first-order chi connectivity index (χ1) is 10.0. The van der Waals surface area contributed by atoms with Crippen molar-refractivity contribution in [2.75, 3.05) is 0 Å². The van der Waals surface area contributed by atoms with Crippen molar-refractivity contribution in [3.8, 4) is 11.5 Å². The Morgan fingerprint density at radius 2 is 1.81 bits per heavy atom. The number of hydrogen-bond donors (Lipinski definition) is 1. The zero-order valence-electron chi connectivity index (χ0n) is 11.6. The van der Waals surface area contributed by atoms with Crippen molar-refractivity contribution in [2.45, 2.75) is 25.8 Å². The number of rotatable bonds is 5. The van der Waals surface area contributed by atoms with E-state index in [-0.39, 0.29) is 6.04 Å². The largest absolute Gasteiger partial charge is 0.455 e. The van der Waals surface area contributed by atoms with E-state index in [0.29, 0.717) is 33.0 Å². The minimum Gasteiger partial charge on any atom is -0.455 e. The van der Waals surface area contributed by atoms with E-state index in [4.69, 9.17) is 45.3 Å². The van der Waals surface area contributed by atoms with Crippen LogP contribution in [0.15, 0.2) is 36.4 Å². The lowest BCUT2D eigenvalue weighted by Gasteiger charge is -2.16. The van der Waals surface area contributed by atoms with Gasteiger partial charge in [0.15, 0.2) is 0 Å². The minimum absolute atomic E-state index is 0.0297. The SMILES string of the molecule is CCC(N)Cc1c(Cl)cccc1Oc1cc(Cl)ccc1Cl. The van der Waals surface area contributed by atoms with E-state index in [2.05, 4.69) is 0 Å². The van der Waals surface area contributed by atoms with Crippen molar-refractivity contribution in [3.63, 3.8) is 0 Å². The summed E-state index contributed by atoms with van der Waals surface area (Å²) in [4.78, 5) is 0. The van der Waals surface area contributed by atoms with E-state index in [9.17, 15) is 0 Å². The van der Waals surface area contributed by atoms with Crippen LogP contribution >= 0.6 is 34.8 Å². The first kappa shape index (κ1) is 16.4. The summed E-state index contributed by atoms with van der Waals surface area (Å²) in [6.07, 6.45) is 1.51. The molecule has 0 aliphatic heterocycles. The number of nitrogens with two attached hydrogens (primary N) is 1. The van der Waals surface area contributed by atoms with Gasteiger partial charge in [-0.2, -0.15) is 0 Å². The van der Waals surface area contributed by atoms with Crippen LogP contribution in [0.4, 0.5) is 0 Å². The molecule has 0 saturated carbocycles. The Kier molecular flexibility index (Phi) is 5.77. The van der Waals surface area contributed by atoms with Crippen molar-refractivity contribution < 1.29 is 4.74 Å². The van der Waals surface area contributed by atoms with E-state index in [1.54, 1.807) is 18.2 Å². The molecule has 2 rings (SSSR count). The van der Waals surface area contributed by atoms with Gasteiger partial charge >= 0.3 is 0 Å². The van der Waals surface area contributed by atoms with Crippen molar-refractivity contribution >= 4 is 34.8 Å². The number of halogens is 3. The lowest BCUT2D eigenvalue weighted by Crippen LogP contribution is -2.21. The lowest BCUT2D eigenvalue weighted by atomic mass is 10.0. The average Bonchev–Trinajstić information content (AvgIpc) is 2.46. The summed E-state index contributed by atoms with van der Waals surface area (Å²) in [6, 6.07) is 10.6. The first-order valence-corrected chi connectivity index (χ1v) is 7.80. The third-order valence-electron chi connectivity index (χ3n) is 3.18. The van der Waals surface area contributed by atoms with Gasteiger partial charge in [0, 0.05) is 27.7 Å². The first-order valence-electron chi connectivity index (χ1n) is 6.67. The number of ether oxygens (including phenoxy) is 1. The molecule has 0 spiro atoms. The molecule has 21 heavy (non-hydrogen) atoms. The molecule has 1 unspecified atom stereocenters. The average molecular weight is 345 g/mol. The second-order valence-electron chi connectivity index (χ2n) is 4.77. The van der Waals surface area contributed by atoms with E-state index >= 15 is 0 Å². The molecule has 2 aromatic carbocycles. The Hall–Kier alpha value is -0.930. The van der Waals surface area contributed by atoms with Crippen molar-refractivity contribution in [1.29, 1.82) is 0 Å².